The van der Waals surface area contributed by atoms with Crippen LogP contribution in [0, 0.1) is 11.3 Å². The Balaban J connectivity index is 2.39. The molecule has 0 fully saturated rings. The van der Waals surface area contributed by atoms with Crippen LogP contribution in [-0.2, 0) is 0 Å². The second-order valence-corrected chi connectivity index (χ2v) is 4.72. The zero-order valence-corrected chi connectivity index (χ0v) is 10.2. The SMILES string of the molecule is CC(=O)c1cccc(SCCCCC#N)c1. The quantitative estimate of drug-likeness (QED) is 0.427. The Hall–Kier alpha value is -1.27. The van der Waals surface area contributed by atoms with E-state index in [1.807, 2.05) is 24.3 Å². The highest BCUT2D eigenvalue weighted by molar-refractivity contribution is 7.99. The van der Waals surface area contributed by atoms with E-state index < -0.39 is 0 Å². The van der Waals surface area contributed by atoms with E-state index in [1.165, 1.54) is 0 Å². The lowest BCUT2D eigenvalue weighted by atomic mass is 10.2. The van der Waals surface area contributed by atoms with Crippen LogP contribution in [0.25, 0.3) is 0 Å². The number of nitrogens with zero attached hydrogens (tertiary/aromatic N) is 1. The summed E-state index contributed by atoms with van der Waals surface area (Å²) in [4.78, 5) is 12.3. The van der Waals surface area contributed by atoms with Crippen molar-refractivity contribution in [2.24, 2.45) is 0 Å². The van der Waals surface area contributed by atoms with Crippen molar-refractivity contribution in [1.29, 1.82) is 5.26 Å². The van der Waals surface area contributed by atoms with Gasteiger partial charge in [-0.1, -0.05) is 12.1 Å². The van der Waals surface area contributed by atoms with Gasteiger partial charge >= 0.3 is 0 Å². The van der Waals surface area contributed by atoms with Crippen LogP contribution in [0.15, 0.2) is 29.2 Å². The van der Waals surface area contributed by atoms with E-state index in [-0.39, 0.29) is 5.78 Å². The highest BCUT2D eigenvalue weighted by Gasteiger charge is 2.00. The number of rotatable bonds is 6. The largest absolute Gasteiger partial charge is 0.295 e. The van der Waals surface area contributed by atoms with Gasteiger partial charge in [-0.05, 0) is 37.7 Å². The molecule has 0 aliphatic carbocycles. The standard InChI is InChI=1S/C13H15NOS/c1-11(15)12-6-5-7-13(10-12)16-9-4-2-3-8-14/h5-7,10H,2-4,9H2,1H3. The number of Topliss-reactive ketones (excluding diaryl/α,β-unsaturated/α-hetero) is 1. The molecule has 0 aromatic heterocycles. The number of nitriles is 1. The van der Waals surface area contributed by atoms with Crippen molar-refractivity contribution in [3.05, 3.63) is 29.8 Å². The lowest BCUT2D eigenvalue weighted by Gasteiger charge is -2.02. The van der Waals surface area contributed by atoms with Gasteiger partial charge in [0.2, 0.25) is 0 Å². The second-order valence-electron chi connectivity index (χ2n) is 3.55. The number of thioether (sulfide) groups is 1. The number of ketones is 1. The average molecular weight is 233 g/mol. The Morgan fingerprint density at radius 3 is 2.94 bits per heavy atom. The highest BCUT2D eigenvalue weighted by atomic mass is 32.2. The molecule has 1 aromatic carbocycles. The van der Waals surface area contributed by atoms with Crippen LogP contribution in [0.2, 0.25) is 0 Å². The first-order valence-corrected chi connectivity index (χ1v) is 6.33. The molecule has 0 N–H and O–H groups in total. The zero-order valence-electron chi connectivity index (χ0n) is 9.40. The average Bonchev–Trinajstić information content (AvgIpc) is 2.29. The molecule has 0 radical (unpaired) electrons. The molecule has 1 rings (SSSR count). The maximum absolute atomic E-state index is 11.2. The molecule has 1 aromatic rings. The smallest absolute Gasteiger partial charge is 0.159 e. The molecule has 2 nitrogen and oxygen atoms in total. The molecule has 84 valence electrons. The minimum atomic E-state index is 0.104. The molecule has 0 aliphatic heterocycles. The first-order chi connectivity index (χ1) is 7.74. The minimum absolute atomic E-state index is 0.104. The van der Waals surface area contributed by atoms with E-state index in [0.29, 0.717) is 6.42 Å². The Morgan fingerprint density at radius 2 is 2.25 bits per heavy atom. The number of unbranched alkanes of at least 4 members (excludes halogenated alkanes) is 2. The molecule has 16 heavy (non-hydrogen) atoms. The van der Waals surface area contributed by atoms with Crippen LogP contribution >= 0.6 is 11.8 Å². The van der Waals surface area contributed by atoms with E-state index in [9.17, 15) is 4.79 Å². The summed E-state index contributed by atoms with van der Waals surface area (Å²) < 4.78 is 0. The van der Waals surface area contributed by atoms with Gasteiger partial charge in [0.25, 0.3) is 0 Å². The Morgan fingerprint density at radius 1 is 1.44 bits per heavy atom. The van der Waals surface area contributed by atoms with Gasteiger partial charge in [0.05, 0.1) is 6.07 Å². The Labute approximate surface area is 101 Å². The molecule has 0 saturated carbocycles. The van der Waals surface area contributed by atoms with Crippen molar-refractivity contribution in [1.82, 2.24) is 0 Å². The van der Waals surface area contributed by atoms with E-state index in [1.54, 1.807) is 18.7 Å². The summed E-state index contributed by atoms with van der Waals surface area (Å²) >= 11 is 1.74. The molecule has 0 bridgehead atoms. The van der Waals surface area contributed by atoms with Crippen LogP contribution in [0.3, 0.4) is 0 Å². The predicted molar refractivity (Wildman–Crippen MR) is 66.6 cm³/mol. The van der Waals surface area contributed by atoms with Gasteiger partial charge in [-0.15, -0.1) is 11.8 Å². The third-order valence-corrected chi connectivity index (χ3v) is 3.27. The summed E-state index contributed by atoms with van der Waals surface area (Å²) in [5.41, 5.74) is 0.766. The summed E-state index contributed by atoms with van der Waals surface area (Å²) in [6.45, 7) is 1.58. The molecule has 0 unspecified atom stereocenters. The van der Waals surface area contributed by atoms with Crippen molar-refractivity contribution < 1.29 is 4.79 Å². The highest BCUT2D eigenvalue weighted by Crippen LogP contribution is 2.20. The van der Waals surface area contributed by atoms with Crippen LogP contribution in [0.4, 0.5) is 0 Å². The summed E-state index contributed by atoms with van der Waals surface area (Å²) in [6, 6.07) is 9.83. The van der Waals surface area contributed by atoms with Gasteiger partial charge < -0.3 is 0 Å². The maximum Gasteiger partial charge on any atom is 0.159 e. The summed E-state index contributed by atoms with van der Waals surface area (Å²) in [5.74, 6) is 1.11. The van der Waals surface area contributed by atoms with E-state index >= 15 is 0 Å². The van der Waals surface area contributed by atoms with Crippen molar-refractivity contribution in [3.8, 4) is 6.07 Å². The number of hydrogen-bond donors (Lipinski definition) is 0. The molecule has 0 heterocycles. The van der Waals surface area contributed by atoms with Crippen molar-refractivity contribution >= 4 is 17.5 Å². The Bertz CT molecular complexity index is 395. The van der Waals surface area contributed by atoms with Gasteiger partial charge in [-0.25, -0.2) is 0 Å². The van der Waals surface area contributed by atoms with Crippen LogP contribution in [0.5, 0.6) is 0 Å². The number of carbonyl (C=O) groups excluding carboxylic acids is 1. The monoisotopic (exact) mass is 233 g/mol. The minimum Gasteiger partial charge on any atom is -0.295 e. The lowest BCUT2D eigenvalue weighted by molar-refractivity contribution is 0.101. The molecule has 3 heteroatoms. The zero-order chi connectivity index (χ0) is 11.8. The van der Waals surface area contributed by atoms with Crippen molar-refractivity contribution in [2.45, 2.75) is 31.1 Å². The third-order valence-electron chi connectivity index (χ3n) is 2.19. The van der Waals surface area contributed by atoms with Gasteiger partial charge in [-0.2, -0.15) is 5.26 Å². The number of carbonyl (C=O) groups is 1. The maximum atomic E-state index is 11.2. The van der Waals surface area contributed by atoms with Gasteiger partial charge in [-0.3, -0.25) is 4.79 Å². The Kier molecular flexibility index (Phi) is 5.66. The summed E-state index contributed by atoms with van der Waals surface area (Å²) in [6.07, 6.45) is 2.63. The molecule has 0 spiro atoms. The number of hydrogen-bond acceptors (Lipinski definition) is 3. The molecular formula is C13H15NOS. The van der Waals surface area contributed by atoms with E-state index in [4.69, 9.17) is 5.26 Å². The fourth-order valence-corrected chi connectivity index (χ4v) is 2.27. The van der Waals surface area contributed by atoms with Crippen LogP contribution in [0.1, 0.15) is 36.5 Å². The van der Waals surface area contributed by atoms with E-state index in [2.05, 4.69) is 6.07 Å². The molecule has 0 amide bonds. The topological polar surface area (TPSA) is 40.9 Å². The van der Waals surface area contributed by atoms with Crippen LogP contribution in [-0.4, -0.2) is 11.5 Å². The second kappa shape index (κ2) is 7.08. The molecule has 0 aliphatic rings. The fraction of sp³-hybridized carbons (Fsp3) is 0.385. The molecular weight excluding hydrogens is 218 g/mol. The summed E-state index contributed by atoms with van der Waals surface area (Å²) in [7, 11) is 0. The molecule has 0 saturated heterocycles. The van der Waals surface area contributed by atoms with Gasteiger partial charge in [0.15, 0.2) is 5.78 Å². The normalized spacial score (nSPS) is 9.75. The fourth-order valence-electron chi connectivity index (χ4n) is 1.30. The van der Waals surface area contributed by atoms with Crippen LogP contribution < -0.4 is 0 Å². The first-order valence-electron chi connectivity index (χ1n) is 5.35. The molecule has 0 atom stereocenters. The number of benzene rings is 1. The van der Waals surface area contributed by atoms with E-state index in [0.717, 1.165) is 29.1 Å². The van der Waals surface area contributed by atoms with Gasteiger partial charge in [0.1, 0.15) is 0 Å². The first kappa shape index (κ1) is 12.8. The van der Waals surface area contributed by atoms with Crippen molar-refractivity contribution in [2.75, 3.05) is 5.75 Å². The lowest BCUT2D eigenvalue weighted by Crippen LogP contribution is -1.91. The summed E-state index contributed by atoms with van der Waals surface area (Å²) in [5, 5.41) is 8.39. The van der Waals surface area contributed by atoms with Gasteiger partial charge in [0, 0.05) is 16.9 Å². The predicted octanol–water partition coefficient (Wildman–Crippen LogP) is 3.68. The third kappa shape index (κ3) is 4.50. The van der Waals surface area contributed by atoms with Crippen molar-refractivity contribution in [3.63, 3.8) is 0 Å².